The quantitative estimate of drug-likeness (QED) is 0.511. The fourth-order valence-electron chi connectivity index (χ4n) is 3.45. The van der Waals surface area contributed by atoms with Crippen LogP contribution >= 0.6 is 11.3 Å². The fraction of sp³-hybridized carbons (Fsp3) is 0.250. The average molecular weight is 407 g/mol. The fourth-order valence-corrected chi connectivity index (χ4v) is 4.09. The molecule has 2 amide bonds. The summed E-state index contributed by atoms with van der Waals surface area (Å²) in [6, 6.07) is 24.1. The smallest absolute Gasteiger partial charge is 0.261 e. The molecular weight excluding hydrogens is 380 g/mol. The van der Waals surface area contributed by atoms with Gasteiger partial charge in [-0.1, -0.05) is 66.7 Å². The number of rotatable bonds is 9. The number of carbonyl (C=O) groups is 2. The lowest BCUT2D eigenvalue weighted by molar-refractivity contribution is -0.121. The van der Waals surface area contributed by atoms with Crippen molar-refractivity contribution in [1.29, 1.82) is 0 Å². The third kappa shape index (κ3) is 6.03. The molecule has 0 saturated heterocycles. The molecule has 0 aliphatic rings. The molecule has 0 radical (unpaired) electrons. The predicted octanol–water partition coefficient (Wildman–Crippen LogP) is 4.59. The third-order valence-electron chi connectivity index (χ3n) is 4.82. The summed E-state index contributed by atoms with van der Waals surface area (Å²) in [5, 5.41) is 7.88. The van der Waals surface area contributed by atoms with Crippen LogP contribution in [-0.4, -0.2) is 24.4 Å². The Morgan fingerprint density at radius 3 is 2.07 bits per heavy atom. The van der Waals surface area contributed by atoms with Crippen LogP contribution in [0.25, 0.3) is 0 Å². The maximum Gasteiger partial charge on any atom is 0.261 e. The van der Waals surface area contributed by atoms with Gasteiger partial charge in [0.15, 0.2) is 0 Å². The molecule has 0 bridgehead atoms. The Labute approximate surface area is 176 Å². The van der Waals surface area contributed by atoms with Gasteiger partial charge in [-0.15, -0.1) is 11.3 Å². The summed E-state index contributed by atoms with van der Waals surface area (Å²) < 4.78 is 0. The number of hydrogen-bond acceptors (Lipinski definition) is 3. The predicted molar refractivity (Wildman–Crippen MR) is 118 cm³/mol. The summed E-state index contributed by atoms with van der Waals surface area (Å²) >= 11 is 1.41. The first-order valence-electron chi connectivity index (χ1n) is 9.86. The lowest BCUT2D eigenvalue weighted by Crippen LogP contribution is -2.37. The van der Waals surface area contributed by atoms with Crippen molar-refractivity contribution in [2.24, 2.45) is 0 Å². The average Bonchev–Trinajstić information content (AvgIpc) is 3.28. The van der Waals surface area contributed by atoms with Crippen molar-refractivity contribution >= 4 is 23.2 Å². The van der Waals surface area contributed by atoms with Crippen LogP contribution in [-0.2, 0) is 4.79 Å². The van der Waals surface area contributed by atoms with Crippen molar-refractivity contribution in [2.75, 3.05) is 6.54 Å². The molecule has 29 heavy (non-hydrogen) atoms. The van der Waals surface area contributed by atoms with E-state index in [1.807, 2.05) is 54.8 Å². The lowest BCUT2D eigenvalue weighted by Gasteiger charge is -2.26. The van der Waals surface area contributed by atoms with Crippen LogP contribution in [0, 0.1) is 0 Å². The van der Waals surface area contributed by atoms with Gasteiger partial charge in [-0.25, -0.2) is 0 Å². The molecule has 2 aromatic carbocycles. The van der Waals surface area contributed by atoms with Crippen LogP contribution in [0.1, 0.15) is 46.5 Å². The van der Waals surface area contributed by atoms with Crippen LogP contribution in [0.3, 0.4) is 0 Å². The first-order chi connectivity index (χ1) is 14.1. The van der Waals surface area contributed by atoms with Gasteiger partial charge < -0.3 is 10.6 Å². The zero-order valence-corrected chi connectivity index (χ0v) is 17.3. The highest BCUT2D eigenvalue weighted by Gasteiger charge is 2.22. The standard InChI is InChI=1S/C24H26N2O2S/c1-18(23(19-10-4-2-5-11-19)20-12-6-3-7-13-20)26-22(27)15-8-16-25-24(28)21-14-9-17-29-21/h2-7,9-14,17-18,23H,8,15-16H2,1H3,(H,25,28)(H,26,27). The highest BCUT2D eigenvalue weighted by molar-refractivity contribution is 7.12. The molecule has 5 heteroatoms. The van der Waals surface area contributed by atoms with Crippen molar-refractivity contribution in [2.45, 2.75) is 31.7 Å². The molecule has 3 rings (SSSR count). The third-order valence-corrected chi connectivity index (χ3v) is 5.69. The van der Waals surface area contributed by atoms with Crippen molar-refractivity contribution in [3.63, 3.8) is 0 Å². The van der Waals surface area contributed by atoms with E-state index in [4.69, 9.17) is 0 Å². The van der Waals surface area contributed by atoms with Crippen molar-refractivity contribution < 1.29 is 9.59 Å². The minimum absolute atomic E-state index is 0.000246. The molecular formula is C24H26N2O2S. The molecule has 1 unspecified atom stereocenters. The van der Waals surface area contributed by atoms with Crippen LogP contribution < -0.4 is 10.6 Å². The molecule has 3 aromatic rings. The summed E-state index contributed by atoms with van der Waals surface area (Å²) in [6.45, 7) is 2.53. The minimum atomic E-state index is -0.0815. The van der Waals surface area contributed by atoms with Crippen molar-refractivity contribution in [3.8, 4) is 0 Å². The van der Waals surface area contributed by atoms with Crippen LogP contribution in [0.4, 0.5) is 0 Å². The molecule has 0 aliphatic heterocycles. The molecule has 0 aliphatic carbocycles. The van der Waals surface area contributed by atoms with Crippen LogP contribution in [0.15, 0.2) is 78.2 Å². The van der Waals surface area contributed by atoms with E-state index in [2.05, 4.69) is 34.9 Å². The second-order valence-corrected chi connectivity index (χ2v) is 7.94. The van der Waals surface area contributed by atoms with Gasteiger partial charge in [0.25, 0.3) is 5.91 Å². The summed E-state index contributed by atoms with van der Waals surface area (Å²) in [7, 11) is 0. The Morgan fingerprint density at radius 1 is 0.897 bits per heavy atom. The number of thiophene rings is 1. The van der Waals surface area contributed by atoms with Gasteiger partial charge in [0.2, 0.25) is 5.91 Å². The molecule has 150 valence electrons. The van der Waals surface area contributed by atoms with Gasteiger partial charge in [-0.3, -0.25) is 9.59 Å². The Balaban J connectivity index is 1.53. The molecule has 0 spiro atoms. The normalized spacial score (nSPS) is 11.8. The van der Waals surface area contributed by atoms with E-state index in [9.17, 15) is 9.59 Å². The first kappa shape index (κ1) is 20.8. The Hall–Kier alpha value is -2.92. The second kappa shape index (κ2) is 10.6. The molecule has 2 N–H and O–H groups in total. The zero-order chi connectivity index (χ0) is 20.5. The van der Waals surface area contributed by atoms with Crippen molar-refractivity contribution in [3.05, 3.63) is 94.2 Å². The topological polar surface area (TPSA) is 58.2 Å². The van der Waals surface area contributed by atoms with E-state index >= 15 is 0 Å². The molecule has 0 fully saturated rings. The highest BCUT2D eigenvalue weighted by atomic mass is 32.1. The summed E-state index contributed by atoms with van der Waals surface area (Å²) in [5.74, 6) is 0.00149. The largest absolute Gasteiger partial charge is 0.353 e. The molecule has 1 heterocycles. The molecule has 1 atom stereocenters. The number of carbonyl (C=O) groups excluding carboxylic acids is 2. The van der Waals surface area contributed by atoms with E-state index in [-0.39, 0.29) is 23.8 Å². The van der Waals surface area contributed by atoms with Crippen molar-refractivity contribution in [1.82, 2.24) is 10.6 Å². The second-order valence-electron chi connectivity index (χ2n) is 6.99. The van der Waals surface area contributed by atoms with Crippen LogP contribution in [0.5, 0.6) is 0 Å². The number of benzene rings is 2. The van der Waals surface area contributed by atoms with Gasteiger partial charge in [0, 0.05) is 24.9 Å². The van der Waals surface area contributed by atoms with E-state index in [1.165, 1.54) is 22.5 Å². The lowest BCUT2D eigenvalue weighted by atomic mass is 9.86. The number of hydrogen-bond donors (Lipinski definition) is 2. The van der Waals surface area contributed by atoms with Gasteiger partial charge in [-0.05, 0) is 35.9 Å². The zero-order valence-electron chi connectivity index (χ0n) is 16.5. The number of nitrogens with one attached hydrogen (secondary N) is 2. The Kier molecular flexibility index (Phi) is 7.59. The monoisotopic (exact) mass is 406 g/mol. The maximum absolute atomic E-state index is 12.5. The van der Waals surface area contributed by atoms with Gasteiger partial charge in [0.05, 0.1) is 4.88 Å². The summed E-state index contributed by atoms with van der Waals surface area (Å²) in [4.78, 5) is 25.1. The maximum atomic E-state index is 12.5. The molecule has 0 saturated carbocycles. The van der Waals surface area contributed by atoms with Gasteiger partial charge >= 0.3 is 0 Å². The van der Waals surface area contributed by atoms with E-state index in [0.29, 0.717) is 24.3 Å². The summed E-state index contributed by atoms with van der Waals surface area (Å²) in [6.07, 6.45) is 0.988. The van der Waals surface area contributed by atoms with E-state index in [0.717, 1.165) is 0 Å². The SMILES string of the molecule is CC(NC(=O)CCCNC(=O)c1cccs1)C(c1ccccc1)c1ccccc1. The van der Waals surface area contributed by atoms with Crippen LogP contribution in [0.2, 0.25) is 0 Å². The number of amides is 2. The van der Waals surface area contributed by atoms with Gasteiger partial charge in [0.1, 0.15) is 0 Å². The Bertz CT molecular complexity index is 856. The minimum Gasteiger partial charge on any atom is -0.353 e. The molecule has 4 nitrogen and oxygen atoms in total. The first-order valence-corrected chi connectivity index (χ1v) is 10.7. The Morgan fingerprint density at radius 2 is 1.52 bits per heavy atom. The van der Waals surface area contributed by atoms with E-state index in [1.54, 1.807) is 6.07 Å². The van der Waals surface area contributed by atoms with E-state index < -0.39 is 0 Å². The molecule has 1 aromatic heterocycles. The summed E-state index contributed by atoms with van der Waals surface area (Å²) in [5.41, 5.74) is 2.35. The highest BCUT2D eigenvalue weighted by Crippen LogP contribution is 2.28. The van der Waals surface area contributed by atoms with Gasteiger partial charge in [-0.2, -0.15) is 0 Å².